The molecule has 138 valence electrons. The van der Waals surface area contributed by atoms with Crippen molar-refractivity contribution >= 4 is 11.6 Å². The molecule has 5 heteroatoms. The molecule has 0 aliphatic carbocycles. The Morgan fingerprint density at radius 3 is 2.64 bits per heavy atom. The van der Waals surface area contributed by atoms with Crippen LogP contribution in [-0.2, 0) is 9.53 Å². The van der Waals surface area contributed by atoms with E-state index in [2.05, 4.69) is 18.3 Å². The first-order chi connectivity index (χ1) is 11.9. The molecule has 1 atom stereocenters. The third-order valence-corrected chi connectivity index (χ3v) is 4.12. The summed E-state index contributed by atoms with van der Waals surface area (Å²) in [5, 5.41) is 12.2. The van der Waals surface area contributed by atoms with Crippen LogP contribution in [-0.4, -0.2) is 25.2 Å². The van der Waals surface area contributed by atoms with Crippen LogP contribution >= 0.6 is 0 Å². The fraction of sp³-hybridized carbons (Fsp3) is 0.600. The van der Waals surface area contributed by atoms with Gasteiger partial charge in [0.25, 0.3) is 5.91 Å². The fourth-order valence-electron chi connectivity index (χ4n) is 2.36. The SMILES string of the molecule is CCCCC[C@](C)(OC)C(=O)Nc1ccc(OCC(C)C)c(C#N)c1. The quantitative estimate of drug-likeness (QED) is 0.632. The van der Waals surface area contributed by atoms with Gasteiger partial charge >= 0.3 is 0 Å². The molecule has 0 heterocycles. The molecule has 1 amide bonds. The van der Waals surface area contributed by atoms with Crippen LogP contribution < -0.4 is 10.1 Å². The number of nitrogens with one attached hydrogen (secondary N) is 1. The number of hydrogen-bond acceptors (Lipinski definition) is 4. The summed E-state index contributed by atoms with van der Waals surface area (Å²) >= 11 is 0. The minimum absolute atomic E-state index is 0.203. The van der Waals surface area contributed by atoms with Crippen LogP contribution in [0, 0.1) is 17.2 Å². The lowest BCUT2D eigenvalue weighted by Gasteiger charge is -2.27. The molecule has 0 fully saturated rings. The lowest BCUT2D eigenvalue weighted by atomic mass is 9.97. The van der Waals surface area contributed by atoms with Gasteiger partial charge in [-0.1, -0.05) is 40.0 Å². The van der Waals surface area contributed by atoms with E-state index in [4.69, 9.17) is 9.47 Å². The van der Waals surface area contributed by atoms with Crippen molar-refractivity contribution in [3.05, 3.63) is 23.8 Å². The third kappa shape index (κ3) is 6.39. The number of benzene rings is 1. The summed E-state index contributed by atoms with van der Waals surface area (Å²) in [7, 11) is 1.55. The molecular weight excluding hydrogens is 316 g/mol. The molecule has 1 rings (SSSR count). The molecule has 1 aromatic carbocycles. The van der Waals surface area contributed by atoms with Crippen LogP contribution in [0.25, 0.3) is 0 Å². The van der Waals surface area contributed by atoms with Gasteiger partial charge in [-0.15, -0.1) is 0 Å². The summed E-state index contributed by atoms with van der Waals surface area (Å²) in [5.74, 6) is 0.703. The number of nitriles is 1. The van der Waals surface area contributed by atoms with Crippen molar-refractivity contribution in [1.29, 1.82) is 5.26 Å². The van der Waals surface area contributed by atoms with E-state index in [1.807, 2.05) is 13.8 Å². The van der Waals surface area contributed by atoms with Crippen molar-refractivity contribution < 1.29 is 14.3 Å². The molecule has 0 saturated heterocycles. The summed E-state index contributed by atoms with van der Waals surface area (Å²) in [5.41, 5.74) is 0.0928. The number of ether oxygens (including phenoxy) is 2. The van der Waals surface area contributed by atoms with E-state index in [1.54, 1.807) is 32.2 Å². The van der Waals surface area contributed by atoms with Crippen molar-refractivity contribution in [2.75, 3.05) is 19.0 Å². The van der Waals surface area contributed by atoms with E-state index in [1.165, 1.54) is 0 Å². The van der Waals surface area contributed by atoms with Crippen molar-refractivity contribution in [1.82, 2.24) is 0 Å². The number of carbonyl (C=O) groups is 1. The molecule has 25 heavy (non-hydrogen) atoms. The van der Waals surface area contributed by atoms with E-state index in [0.717, 1.165) is 19.3 Å². The zero-order valence-corrected chi connectivity index (χ0v) is 16.0. The first-order valence-electron chi connectivity index (χ1n) is 8.89. The van der Waals surface area contributed by atoms with Crippen LogP contribution in [0.15, 0.2) is 18.2 Å². The number of unbranched alkanes of at least 4 members (excludes halogenated alkanes) is 2. The second-order valence-corrected chi connectivity index (χ2v) is 6.87. The molecule has 0 saturated carbocycles. The number of carbonyl (C=O) groups excluding carboxylic acids is 1. The van der Waals surface area contributed by atoms with Gasteiger partial charge in [0.1, 0.15) is 17.4 Å². The second-order valence-electron chi connectivity index (χ2n) is 6.87. The molecule has 1 aromatic rings. The average molecular weight is 346 g/mol. The Morgan fingerprint density at radius 2 is 2.08 bits per heavy atom. The molecular formula is C20H30N2O3. The highest BCUT2D eigenvalue weighted by Gasteiger charge is 2.32. The van der Waals surface area contributed by atoms with E-state index in [0.29, 0.717) is 35.9 Å². The summed E-state index contributed by atoms with van der Waals surface area (Å²) in [4.78, 5) is 12.6. The number of anilines is 1. The van der Waals surface area contributed by atoms with Gasteiger partial charge in [-0.2, -0.15) is 5.26 Å². The van der Waals surface area contributed by atoms with E-state index >= 15 is 0 Å². The molecule has 0 unspecified atom stereocenters. The van der Waals surface area contributed by atoms with Crippen molar-refractivity contribution in [3.8, 4) is 11.8 Å². The van der Waals surface area contributed by atoms with E-state index in [9.17, 15) is 10.1 Å². The summed E-state index contributed by atoms with van der Waals surface area (Å²) in [6.45, 7) is 8.55. The highest BCUT2D eigenvalue weighted by molar-refractivity contribution is 5.97. The topological polar surface area (TPSA) is 71.3 Å². The fourth-order valence-corrected chi connectivity index (χ4v) is 2.36. The normalized spacial score (nSPS) is 13.2. The van der Waals surface area contributed by atoms with E-state index in [-0.39, 0.29) is 5.91 Å². The minimum atomic E-state index is -0.880. The number of hydrogen-bond donors (Lipinski definition) is 1. The monoisotopic (exact) mass is 346 g/mol. The van der Waals surface area contributed by atoms with Gasteiger partial charge in [0, 0.05) is 12.8 Å². The Morgan fingerprint density at radius 1 is 1.36 bits per heavy atom. The second kappa shape index (κ2) is 10.0. The summed E-state index contributed by atoms with van der Waals surface area (Å²) in [6.07, 6.45) is 3.74. The standard InChI is InChI=1S/C20H30N2O3/c1-6-7-8-11-20(4,24-5)19(23)22-17-9-10-18(16(12-17)13-21)25-14-15(2)3/h9-10,12,15H,6-8,11,14H2,1-5H3,(H,22,23)/t20-/m0/s1. The van der Waals surface area contributed by atoms with Gasteiger partial charge in [0.2, 0.25) is 0 Å². The van der Waals surface area contributed by atoms with Gasteiger partial charge in [-0.05, 0) is 37.5 Å². The zero-order chi connectivity index (χ0) is 18.9. The molecule has 0 spiro atoms. The maximum Gasteiger partial charge on any atom is 0.256 e. The predicted octanol–water partition coefficient (Wildman–Crippen LogP) is 4.52. The van der Waals surface area contributed by atoms with Gasteiger partial charge < -0.3 is 14.8 Å². The minimum Gasteiger partial charge on any atom is -0.492 e. The van der Waals surface area contributed by atoms with Crippen molar-refractivity contribution in [2.24, 2.45) is 5.92 Å². The Kier molecular flexibility index (Phi) is 8.44. The lowest BCUT2D eigenvalue weighted by Crippen LogP contribution is -2.42. The van der Waals surface area contributed by atoms with Crippen molar-refractivity contribution in [2.45, 2.75) is 59.0 Å². The largest absolute Gasteiger partial charge is 0.492 e. The Labute approximate surface area is 151 Å². The number of nitrogens with zero attached hydrogens (tertiary/aromatic N) is 1. The zero-order valence-electron chi connectivity index (χ0n) is 16.0. The average Bonchev–Trinajstić information content (AvgIpc) is 2.60. The molecule has 5 nitrogen and oxygen atoms in total. The first kappa shape index (κ1) is 21.0. The van der Waals surface area contributed by atoms with Crippen LogP contribution in [0.2, 0.25) is 0 Å². The number of amides is 1. The summed E-state index contributed by atoms with van der Waals surface area (Å²) < 4.78 is 11.1. The highest BCUT2D eigenvalue weighted by atomic mass is 16.5. The van der Waals surface area contributed by atoms with Gasteiger partial charge in [0.15, 0.2) is 0 Å². The van der Waals surface area contributed by atoms with Gasteiger partial charge in [0.05, 0.1) is 12.2 Å². The van der Waals surface area contributed by atoms with Crippen molar-refractivity contribution in [3.63, 3.8) is 0 Å². The molecule has 0 aliphatic heterocycles. The van der Waals surface area contributed by atoms with Crippen LogP contribution in [0.1, 0.15) is 58.9 Å². The van der Waals surface area contributed by atoms with Crippen LogP contribution in [0.3, 0.4) is 0 Å². The number of methoxy groups -OCH3 is 1. The molecule has 0 aromatic heterocycles. The molecule has 0 radical (unpaired) electrons. The Balaban J connectivity index is 2.84. The Hall–Kier alpha value is -2.06. The van der Waals surface area contributed by atoms with E-state index < -0.39 is 5.60 Å². The molecule has 0 aliphatic rings. The third-order valence-electron chi connectivity index (χ3n) is 4.12. The van der Waals surface area contributed by atoms with Crippen LogP contribution in [0.4, 0.5) is 5.69 Å². The smallest absolute Gasteiger partial charge is 0.256 e. The summed E-state index contributed by atoms with van der Waals surface area (Å²) in [6, 6.07) is 7.22. The maximum absolute atomic E-state index is 12.6. The van der Waals surface area contributed by atoms with Crippen LogP contribution in [0.5, 0.6) is 5.75 Å². The van der Waals surface area contributed by atoms with Gasteiger partial charge in [-0.25, -0.2) is 0 Å². The maximum atomic E-state index is 12.6. The molecule has 1 N–H and O–H groups in total. The van der Waals surface area contributed by atoms with Gasteiger partial charge in [-0.3, -0.25) is 4.79 Å². The first-order valence-corrected chi connectivity index (χ1v) is 8.89. The number of rotatable bonds is 10. The molecule has 0 bridgehead atoms. The Bertz CT molecular complexity index is 607. The highest BCUT2D eigenvalue weighted by Crippen LogP contribution is 2.25. The lowest BCUT2D eigenvalue weighted by molar-refractivity contribution is -0.136. The predicted molar refractivity (Wildman–Crippen MR) is 99.7 cm³/mol.